The van der Waals surface area contributed by atoms with Crippen molar-refractivity contribution in [3.8, 4) is 22.4 Å². The second kappa shape index (κ2) is 9.72. The second-order valence-electron chi connectivity index (χ2n) is 7.95. The summed E-state index contributed by atoms with van der Waals surface area (Å²) in [5.41, 5.74) is 3.61. The molecule has 5 rings (SSSR count). The van der Waals surface area contributed by atoms with E-state index in [0.717, 1.165) is 29.9 Å². The Bertz CT molecular complexity index is 1350. The zero-order chi connectivity index (χ0) is 23.3. The van der Waals surface area contributed by atoms with Gasteiger partial charge in [0.2, 0.25) is 0 Å². The van der Waals surface area contributed by atoms with Crippen LogP contribution in [0.15, 0.2) is 89.7 Å². The standard InChI is InChI=1S/C27H24N4O3/c32-26(28-21-13-7-8-14-22(21)31-15-17-34-18-16-31)24-23(19-9-3-1-4-10-19)25(29-30-27(24)33)20-11-5-2-6-12-20/h1-14H,15-18H2,(H,28,32)(H,30,33). The number of rotatable bonds is 5. The molecule has 1 aliphatic heterocycles. The number of hydrogen-bond acceptors (Lipinski definition) is 5. The van der Waals surface area contributed by atoms with E-state index in [2.05, 4.69) is 20.4 Å². The normalized spacial score (nSPS) is 13.5. The quantitative estimate of drug-likeness (QED) is 0.474. The number of anilines is 2. The number of H-pyrrole nitrogens is 1. The molecule has 0 bridgehead atoms. The third-order valence-electron chi connectivity index (χ3n) is 5.82. The molecular formula is C27H24N4O3. The lowest BCUT2D eigenvalue weighted by molar-refractivity contribution is 0.102. The molecule has 1 aliphatic rings. The van der Waals surface area contributed by atoms with Crippen molar-refractivity contribution >= 4 is 17.3 Å². The summed E-state index contributed by atoms with van der Waals surface area (Å²) in [7, 11) is 0. The van der Waals surface area contributed by atoms with Crippen molar-refractivity contribution in [1.82, 2.24) is 10.2 Å². The Balaban J connectivity index is 1.61. The predicted octanol–water partition coefficient (Wildman–Crippen LogP) is 4.19. The molecule has 0 saturated carbocycles. The van der Waals surface area contributed by atoms with Crippen LogP contribution in [0.5, 0.6) is 0 Å². The van der Waals surface area contributed by atoms with Crippen molar-refractivity contribution in [3.63, 3.8) is 0 Å². The first-order chi connectivity index (χ1) is 16.7. The number of hydrogen-bond donors (Lipinski definition) is 2. The zero-order valence-corrected chi connectivity index (χ0v) is 18.5. The summed E-state index contributed by atoms with van der Waals surface area (Å²) < 4.78 is 5.47. The minimum atomic E-state index is -0.542. The Labute approximate surface area is 197 Å². The molecule has 34 heavy (non-hydrogen) atoms. The van der Waals surface area contributed by atoms with Gasteiger partial charge in [-0.1, -0.05) is 72.8 Å². The van der Waals surface area contributed by atoms with Gasteiger partial charge in [-0.15, -0.1) is 0 Å². The number of aromatic amines is 1. The molecule has 2 N–H and O–H groups in total. The van der Waals surface area contributed by atoms with Gasteiger partial charge in [0.15, 0.2) is 0 Å². The van der Waals surface area contributed by atoms with E-state index in [1.165, 1.54) is 0 Å². The summed E-state index contributed by atoms with van der Waals surface area (Å²) in [5.74, 6) is -0.486. The van der Waals surface area contributed by atoms with Crippen LogP contribution in [-0.4, -0.2) is 42.4 Å². The van der Waals surface area contributed by atoms with Crippen molar-refractivity contribution in [2.75, 3.05) is 36.5 Å². The van der Waals surface area contributed by atoms with Gasteiger partial charge in [-0.25, -0.2) is 5.10 Å². The maximum atomic E-state index is 13.6. The predicted molar refractivity (Wildman–Crippen MR) is 133 cm³/mol. The highest BCUT2D eigenvalue weighted by Crippen LogP contribution is 2.33. The van der Waals surface area contributed by atoms with E-state index < -0.39 is 11.5 Å². The number of carbonyl (C=O) groups is 1. The van der Waals surface area contributed by atoms with Crippen LogP contribution in [0.25, 0.3) is 22.4 Å². The molecule has 7 nitrogen and oxygen atoms in total. The molecule has 4 aromatic rings. The molecule has 3 aromatic carbocycles. The van der Waals surface area contributed by atoms with Crippen LogP contribution >= 0.6 is 0 Å². The summed E-state index contributed by atoms with van der Waals surface area (Å²) in [4.78, 5) is 28.8. The Morgan fingerprint density at radius 2 is 1.47 bits per heavy atom. The van der Waals surface area contributed by atoms with Crippen molar-refractivity contribution in [2.24, 2.45) is 0 Å². The molecule has 0 atom stereocenters. The number of nitrogens with zero attached hydrogens (tertiary/aromatic N) is 2. The summed E-state index contributed by atoms with van der Waals surface area (Å²) in [6, 6.07) is 26.5. The van der Waals surface area contributed by atoms with Crippen LogP contribution in [0.2, 0.25) is 0 Å². The van der Waals surface area contributed by atoms with Crippen molar-refractivity contribution in [3.05, 3.63) is 101 Å². The average Bonchev–Trinajstić information content (AvgIpc) is 2.90. The fourth-order valence-electron chi connectivity index (χ4n) is 4.20. The summed E-state index contributed by atoms with van der Waals surface area (Å²) >= 11 is 0. The molecule has 7 heteroatoms. The SMILES string of the molecule is O=C(Nc1ccccc1N1CCOCC1)c1c(-c2ccccc2)c(-c2ccccc2)n[nH]c1=O. The smallest absolute Gasteiger partial charge is 0.277 e. The van der Waals surface area contributed by atoms with E-state index in [0.29, 0.717) is 30.2 Å². The lowest BCUT2D eigenvalue weighted by Gasteiger charge is -2.30. The van der Waals surface area contributed by atoms with E-state index in [1.807, 2.05) is 84.9 Å². The molecule has 170 valence electrons. The number of morpholine rings is 1. The summed E-state index contributed by atoms with van der Waals surface area (Å²) in [5, 5.41) is 9.84. The van der Waals surface area contributed by atoms with E-state index in [1.54, 1.807) is 0 Å². The fourth-order valence-corrected chi connectivity index (χ4v) is 4.20. The van der Waals surface area contributed by atoms with Gasteiger partial charge in [-0.3, -0.25) is 9.59 Å². The van der Waals surface area contributed by atoms with Gasteiger partial charge in [-0.2, -0.15) is 5.10 Å². The molecule has 0 spiro atoms. The van der Waals surface area contributed by atoms with E-state index in [4.69, 9.17) is 4.74 Å². The third-order valence-corrected chi connectivity index (χ3v) is 5.82. The highest BCUT2D eigenvalue weighted by Gasteiger charge is 2.24. The number of nitrogens with one attached hydrogen (secondary N) is 2. The van der Waals surface area contributed by atoms with E-state index in [9.17, 15) is 9.59 Å². The lowest BCUT2D eigenvalue weighted by atomic mass is 9.95. The molecule has 1 saturated heterocycles. The second-order valence-corrected chi connectivity index (χ2v) is 7.95. The van der Waals surface area contributed by atoms with Gasteiger partial charge in [-0.05, 0) is 17.7 Å². The first-order valence-corrected chi connectivity index (χ1v) is 11.2. The number of carbonyl (C=O) groups excluding carboxylic acids is 1. The molecule has 0 unspecified atom stereocenters. The van der Waals surface area contributed by atoms with Gasteiger partial charge in [0.25, 0.3) is 11.5 Å². The summed E-state index contributed by atoms with van der Waals surface area (Å²) in [6.07, 6.45) is 0. The Morgan fingerprint density at radius 3 is 2.18 bits per heavy atom. The number of para-hydroxylation sites is 2. The maximum absolute atomic E-state index is 13.6. The van der Waals surface area contributed by atoms with Crippen LogP contribution in [0.1, 0.15) is 10.4 Å². The van der Waals surface area contributed by atoms with Crippen LogP contribution in [0, 0.1) is 0 Å². The minimum Gasteiger partial charge on any atom is -0.378 e. The van der Waals surface area contributed by atoms with Gasteiger partial charge >= 0.3 is 0 Å². The van der Waals surface area contributed by atoms with Gasteiger partial charge in [0, 0.05) is 24.2 Å². The molecule has 1 fully saturated rings. The Morgan fingerprint density at radius 1 is 0.853 bits per heavy atom. The van der Waals surface area contributed by atoms with Crippen LogP contribution in [-0.2, 0) is 4.74 Å². The number of benzene rings is 3. The van der Waals surface area contributed by atoms with E-state index in [-0.39, 0.29) is 5.56 Å². The largest absolute Gasteiger partial charge is 0.378 e. The topological polar surface area (TPSA) is 87.3 Å². The maximum Gasteiger partial charge on any atom is 0.277 e. The monoisotopic (exact) mass is 452 g/mol. The van der Waals surface area contributed by atoms with Crippen LogP contribution < -0.4 is 15.8 Å². The van der Waals surface area contributed by atoms with Crippen LogP contribution in [0.4, 0.5) is 11.4 Å². The molecule has 0 aliphatic carbocycles. The first-order valence-electron chi connectivity index (χ1n) is 11.2. The Kier molecular flexibility index (Phi) is 6.18. The fraction of sp³-hybridized carbons (Fsp3) is 0.148. The number of aromatic nitrogens is 2. The number of ether oxygens (including phenoxy) is 1. The average molecular weight is 453 g/mol. The van der Waals surface area contributed by atoms with Gasteiger partial charge < -0.3 is 15.0 Å². The third kappa shape index (κ3) is 4.33. The van der Waals surface area contributed by atoms with Crippen molar-refractivity contribution in [1.29, 1.82) is 0 Å². The highest BCUT2D eigenvalue weighted by molar-refractivity contribution is 6.11. The first kappa shape index (κ1) is 21.6. The molecular weight excluding hydrogens is 428 g/mol. The Hall–Kier alpha value is -4.23. The van der Waals surface area contributed by atoms with Crippen molar-refractivity contribution in [2.45, 2.75) is 0 Å². The lowest BCUT2D eigenvalue weighted by Crippen LogP contribution is -2.37. The van der Waals surface area contributed by atoms with Crippen LogP contribution in [0.3, 0.4) is 0 Å². The van der Waals surface area contributed by atoms with E-state index >= 15 is 0 Å². The highest BCUT2D eigenvalue weighted by atomic mass is 16.5. The molecule has 2 heterocycles. The molecule has 0 radical (unpaired) electrons. The van der Waals surface area contributed by atoms with Crippen molar-refractivity contribution < 1.29 is 9.53 Å². The molecule has 1 amide bonds. The van der Waals surface area contributed by atoms with Gasteiger partial charge in [0.1, 0.15) is 5.56 Å². The van der Waals surface area contributed by atoms with Gasteiger partial charge in [0.05, 0.1) is 30.3 Å². The summed E-state index contributed by atoms with van der Waals surface area (Å²) in [6.45, 7) is 2.72. The zero-order valence-electron chi connectivity index (χ0n) is 18.5. The molecule has 1 aromatic heterocycles. The number of amides is 1. The minimum absolute atomic E-state index is 0.0248.